The molecule has 2 fully saturated rings. The van der Waals surface area contributed by atoms with Crippen LogP contribution in [0.1, 0.15) is 31.7 Å². The molecule has 1 N–H and O–H groups in total. The first-order valence-electron chi connectivity index (χ1n) is 9.39. The third kappa shape index (κ3) is 5.98. The number of aryl methyl sites for hydroxylation is 1. The number of nitrogens with zero attached hydrogens (tertiary/aromatic N) is 2. The van der Waals surface area contributed by atoms with Gasteiger partial charge in [-0.15, -0.1) is 12.4 Å². The van der Waals surface area contributed by atoms with Crippen molar-refractivity contribution in [3.63, 3.8) is 0 Å². The van der Waals surface area contributed by atoms with E-state index in [0.717, 1.165) is 58.7 Å². The Labute approximate surface area is 158 Å². The van der Waals surface area contributed by atoms with Gasteiger partial charge in [-0.2, -0.15) is 0 Å². The summed E-state index contributed by atoms with van der Waals surface area (Å²) in [5.41, 5.74) is 1.66. The third-order valence-corrected chi connectivity index (χ3v) is 5.47. The minimum atomic E-state index is 0. The Morgan fingerprint density at radius 3 is 2.68 bits per heavy atom. The van der Waals surface area contributed by atoms with Crippen molar-refractivity contribution in [3.05, 3.63) is 35.9 Å². The molecule has 0 spiro atoms. The van der Waals surface area contributed by atoms with Gasteiger partial charge in [0.05, 0.1) is 0 Å². The van der Waals surface area contributed by atoms with Crippen LogP contribution in [0.3, 0.4) is 0 Å². The van der Waals surface area contributed by atoms with Crippen LogP contribution in [0.2, 0.25) is 0 Å². The Morgan fingerprint density at radius 2 is 1.96 bits per heavy atom. The van der Waals surface area contributed by atoms with Gasteiger partial charge in [-0.25, -0.2) is 0 Å². The number of rotatable bonds is 5. The molecule has 0 radical (unpaired) electrons. The number of halogens is 1. The Balaban J connectivity index is 0.00000225. The molecule has 1 aromatic carbocycles. The highest BCUT2D eigenvalue weighted by Crippen LogP contribution is 2.26. The Kier molecular flexibility index (Phi) is 7.73. The molecular weight excluding hydrogens is 334 g/mol. The molecule has 0 aliphatic carbocycles. The first-order valence-corrected chi connectivity index (χ1v) is 9.39. The quantitative estimate of drug-likeness (QED) is 0.871. The van der Waals surface area contributed by atoms with E-state index in [9.17, 15) is 4.79 Å². The maximum atomic E-state index is 12.5. The molecule has 2 aliphatic heterocycles. The second-order valence-electron chi connectivity index (χ2n) is 7.73. The van der Waals surface area contributed by atoms with Crippen LogP contribution >= 0.6 is 12.4 Å². The molecule has 5 heteroatoms. The van der Waals surface area contributed by atoms with Crippen molar-refractivity contribution in [2.75, 3.05) is 45.8 Å². The maximum absolute atomic E-state index is 12.5. The summed E-state index contributed by atoms with van der Waals surface area (Å²) in [4.78, 5) is 17.2. The van der Waals surface area contributed by atoms with Gasteiger partial charge in [-0.1, -0.05) is 37.3 Å². The van der Waals surface area contributed by atoms with Gasteiger partial charge in [-0.05, 0) is 43.3 Å². The molecule has 3 rings (SSSR count). The molecule has 0 bridgehead atoms. The van der Waals surface area contributed by atoms with Gasteiger partial charge in [0.25, 0.3) is 0 Å². The first-order chi connectivity index (χ1) is 11.6. The fourth-order valence-electron chi connectivity index (χ4n) is 3.98. The zero-order valence-corrected chi connectivity index (χ0v) is 16.2. The van der Waals surface area contributed by atoms with Gasteiger partial charge in [0.2, 0.25) is 5.91 Å². The lowest BCUT2D eigenvalue weighted by molar-refractivity contribution is -0.131. The molecule has 1 unspecified atom stereocenters. The van der Waals surface area contributed by atoms with Crippen molar-refractivity contribution >= 4 is 18.3 Å². The largest absolute Gasteiger partial charge is 0.341 e. The molecule has 2 aliphatic rings. The molecule has 25 heavy (non-hydrogen) atoms. The summed E-state index contributed by atoms with van der Waals surface area (Å²) in [6.07, 6.45) is 3.85. The molecule has 0 saturated carbocycles. The second-order valence-corrected chi connectivity index (χ2v) is 7.73. The Bertz CT molecular complexity index is 531. The molecule has 1 amide bonds. The normalized spacial score (nSPS) is 24.6. The van der Waals surface area contributed by atoms with Crippen molar-refractivity contribution in [2.45, 2.75) is 32.6 Å². The third-order valence-electron chi connectivity index (χ3n) is 5.47. The number of benzene rings is 1. The van der Waals surface area contributed by atoms with E-state index in [2.05, 4.69) is 34.2 Å². The minimum absolute atomic E-state index is 0. The summed E-state index contributed by atoms with van der Waals surface area (Å²) >= 11 is 0. The van der Waals surface area contributed by atoms with Crippen LogP contribution in [-0.4, -0.2) is 61.5 Å². The zero-order chi connectivity index (χ0) is 16.8. The van der Waals surface area contributed by atoms with Crippen LogP contribution < -0.4 is 5.32 Å². The van der Waals surface area contributed by atoms with Crippen molar-refractivity contribution < 1.29 is 4.79 Å². The standard InChI is InChI=1S/C20H31N3O.ClH/c1-20(10-11-21-16-20)17-22-12-5-13-23(15-14-22)19(24)9-8-18-6-3-2-4-7-18;/h2-4,6-7,21H,5,8-17H2,1H3;1H. The molecule has 1 aromatic rings. The van der Waals surface area contributed by atoms with Crippen LogP contribution in [0.4, 0.5) is 0 Å². The van der Waals surface area contributed by atoms with E-state index < -0.39 is 0 Å². The summed E-state index contributed by atoms with van der Waals surface area (Å²) in [6.45, 7) is 9.77. The number of amides is 1. The number of hydrogen-bond acceptors (Lipinski definition) is 3. The van der Waals surface area contributed by atoms with Gasteiger partial charge in [0.1, 0.15) is 0 Å². The topological polar surface area (TPSA) is 35.6 Å². The van der Waals surface area contributed by atoms with Crippen LogP contribution in [0, 0.1) is 5.41 Å². The molecule has 140 valence electrons. The lowest BCUT2D eigenvalue weighted by Crippen LogP contribution is -2.40. The van der Waals surface area contributed by atoms with Crippen molar-refractivity contribution in [1.82, 2.24) is 15.1 Å². The monoisotopic (exact) mass is 365 g/mol. The van der Waals surface area contributed by atoms with Crippen LogP contribution in [0.5, 0.6) is 0 Å². The second kappa shape index (κ2) is 9.56. The smallest absolute Gasteiger partial charge is 0.222 e. The summed E-state index contributed by atoms with van der Waals surface area (Å²) in [5, 5.41) is 3.49. The lowest BCUT2D eigenvalue weighted by atomic mass is 9.89. The van der Waals surface area contributed by atoms with E-state index in [0.29, 0.717) is 17.7 Å². The first kappa shape index (κ1) is 20.2. The predicted molar refractivity (Wildman–Crippen MR) is 105 cm³/mol. The average Bonchev–Trinajstić information content (AvgIpc) is 2.88. The SMILES string of the molecule is CC1(CN2CCCN(C(=O)CCc3ccccc3)CC2)CCNC1.Cl. The molecule has 1 atom stereocenters. The fourth-order valence-corrected chi connectivity index (χ4v) is 3.98. The Hall–Kier alpha value is -1.10. The van der Waals surface area contributed by atoms with Gasteiger partial charge in [0, 0.05) is 39.1 Å². The highest BCUT2D eigenvalue weighted by Gasteiger charge is 2.31. The van der Waals surface area contributed by atoms with E-state index in [1.54, 1.807) is 0 Å². The molecule has 4 nitrogen and oxygen atoms in total. The summed E-state index contributed by atoms with van der Waals surface area (Å²) in [7, 11) is 0. The van der Waals surface area contributed by atoms with Gasteiger partial charge >= 0.3 is 0 Å². The molecular formula is C20H32ClN3O. The minimum Gasteiger partial charge on any atom is -0.341 e. The Morgan fingerprint density at radius 1 is 1.16 bits per heavy atom. The summed E-state index contributed by atoms with van der Waals surface area (Å²) in [5.74, 6) is 0.314. The number of carbonyl (C=O) groups excluding carboxylic acids is 1. The van der Waals surface area contributed by atoms with Crippen LogP contribution in [-0.2, 0) is 11.2 Å². The van der Waals surface area contributed by atoms with Crippen molar-refractivity contribution in [1.29, 1.82) is 0 Å². The maximum Gasteiger partial charge on any atom is 0.222 e. The predicted octanol–water partition coefficient (Wildman–Crippen LogP) is 2.57. The fraction of sp³-hybridized carbons (Fsp3) is 0.650. The molecule has 2 saturated heterocycles. The van der Waals surface area contributed by atoms with Gasteiger partial charge in [0.15, 0.2) is 0 Å². The van der Waals surface area contributed by atoms with E-state index in [-0.39, 0.29) is 12.4 Å². The van der Waals surface area contributed by atoms with Crippen molar-refractivity contribution in [2.24, 2.45) is 5.41 Å². The lowest BCUT2D eigenvalue weighted by Gasteiger charge is -2.31. The number of carbonyl (C=O) groups is 1. The van der Waals surface area contributed by atoms with E-state index in [1.807, 2.05) is 18.2 Å². The molecule has 2 heterocycles. The highest BCUT2D eigenvalue weighted by atomic mass is 35.5. The van der Waals surface area contributed by atoms with Crippen molar-refractivity contribution in [3.8, 4) is 0 Å². The highest BCUT2D eigenvalue weighted by molar-refractivity contribution is 5.85. The zero-order valence-electron chi connectivity index (χ0n) is 15.4. The van der Waals surface area contributed by atoms with E-state index in [4.69, 9.17) is 0 Å². The van der Waals surface area contributed by atoms with Gasteiger partial charge in [-0.3, -0.25) is 4.79 Å². The van der Waals surface area contributed by atoms with Crippen LogP contribution in [0.25, 0.3) is 0 Å². The summed E-state index contributed by atoms with van der Waals surface area (Å²) in [6, 6.07) is 10.3. The number of hydrogen-bond donors (Lipinski definition) is 1. The van der Waals surface area contributed by atoms with Crippen LogP contribution in [0.15, 0.2) is 30.3 Å². The van der Waals surface area contributed by atoms with E-state index in [1.165, 1.54) is 12.0 Å². The van der Waals surface area contributed by atoms with E-state index >= 15 is 0 Å². The van der Waals surface area contributed by atoms with Gasteiger partial charge < -0.3 is 15.1 Å². The average molecular weight is 366 g/mol. The summed E-state index contributed by atoms with van der Waals surface area (Å²) < 4.78 is 0. The molecule has 0 aromatic heterocycles. The number of nitrogens with one attached hydrogen (secondary N) is 1.